The number of nitrogens with one attached hydrogen (secondary N) is 1. The van der Waals surface area contributed by atoms with Gasteiger partial charge in [-0.2, -0.15) is 5.26 Å². The molecule has 0 saturated heterocycles. The lowest BCUT2D eigenvalue weighted by molar-refractivity contribution is -0.117. The van der Waals surface area contributed by atoms with Gasteiger partial charge in [-0.05, 0) is 42.8 Å². The van der Waals surface area contributed by atoms with E-state index < -0.39 is 0 Å². The zero-order valence-electron chi connectivity index (χ0n) is 11.4. The third-order valence-electron chi connectivity index (χ3n) is 3.16. The molecule has 106 valence electrons. The standard InChI is InChI=1S/C16H14BrN3O/c1-10(11-3-2-4-14(19)7-11)16(21)20-15-8-13(17)6-5-12(15)9-18/h2-8,10H,19H2,1H3,(H,20,21). The van der Waals surface area contributed by atoms with Crippen LogP contribution in [0.4, 0.5) is 11.4 Å². The summed E-state index contributed by atoms with van der Waals surface area (Å²) >= 11 is 3.33. The van der Waals surface area contributed by atoms with E-state index in [1.807, 2.05) is 12.1 Å². The molecule has 0 aromatic heterocycles. The SMILES string of the molecule is CC(C(=O)Nc1cc(Br)ccc1C#N)c1cccc(N)c1. The van der Waals surface area contributed by atoms with Crippen LogP contribution in [-0.4, -0.2) is 5.91 Å². The number of amides is 1. The van der Waals surface area contributed by atoms with Gasteiger partial charge in [-0.25, -0.2) is 0 Å². The first kappa shape index (κ1) is 15.1. The number of benzene rings is 2. The highest BCUT2D eigenvalue weighted by molar-refractivity contribution is 9.10. The molecule has 0 aliphatic heterocycles. The largest absolute Gasteiger partial charge is 0.399 e. The van der Waals surface area contributed by atoms with Crippen molar-refractivity contribution in [3.63, 3.8) is 0 Å². The van der Waals surface area contributed by atoms with Crippen LogP contribution in [0, 0.1) is 11.3 Å². The lowest BCUT2D eigenvalue weighted by Gasteiger charge is -2.14. The van der Waals surface area contributed by atoms with Crippen LogP contribution in [0.2, 0.25) is 0 Å². The van der Waals surface area contributed by atoms with Crippen LogP contribution in [0.5, 0.6) is 0 Å². The maximum absolute atomic E-state index is 12.3. The minimum absolute atomic E-state index is 0.185. The number of nitrogens with zero attached hydrogens (tertiary/aromatic N) is 1. The molecule has 1 amide bonds. The van der Waals surface area contributed by atoms with E-state index in [9.17, 15) is 4.79 Å². The van der Waals surface area contributed by atoms with Crippen LogP contribution >= 0.6 is 15.9 Å². The predicted molar refractivity (Wildman–Crippen MR) is 86.8 cm³/mol. The van der Waals surface area contributed by atoms with Gasteiger partial charge in [0.15, 0.2) is 0 Å². The molecular weight excluding hydrogens is 330 g/mol. The number of anilines is 2. The summed E-state index contributed by atoms with van der Waals surface area (Å²) in [5.41, 5.74) is 8.10. The Balaban J connectivity index is 2.22. The van der Waals surface area contributed by atoms with Gasteiger partial charge in [0, 0.05) is 10.2 Å². The van der Waals surface area contributed by atoms with Crippen molar-refractivity contribution in [3.05, 3.63) is 58.1 Å². The van der Waals surface area contributed by atoms with Gasteiger partial charge in [0.25, 0.3) is 0 Å². The molecule has 2 rings (SSSR count). The lowest BCUT2D eigenvalue weighted by atomic mass is 9.99. The number of nitrogens with two attached hydrogens (primary N) is 1. The first-order valence-corrected chi connectivity index (χ1v) is 7.16. The van der Waals surface area contributed by atoms with Crippen molar-refractivity contribution >= 4 is 33.2 Å². The minimum Gasteiger partial charge on any atom is -0.399 e. The number of carbonyl (C=O) groups is 1. The van der Waals surface area contributed by atoms with E-state index in [0.717, 1.165) is 10.0 Å². The van der Waals surface area contributed by atoms with E-state index in [1.165, 1.54) is 0 Å². The fourth-order valence-corrected chi connectivity index (χ4v) is 2.30. The lowest BCUT2D eigenvalue weighted by Crippen LogP contribution is -2.19. The highest BCUT2D eigenvalue weighted by Gasteiger charge is 2.17. The van der Waals surface area contributed by atoms with Crippen molar-refractivity contribution in [1.29, 1.82) is 5.26 Å². The quantitative estimate of drug-likeness (QED) is 0.835. The van der Waals surface area contributed by atoms with Crippen molar-refractivity contribution in [1.82, 2.24) is 0 Å². The second-order valence-corrected chi connectivity index (χ2v) is 5.60. The summed E-state index contributed by atoms with van der Waals surface area (Å²) in [7, 11) is 0. The molecule has 21 heavy (non-hydrogen) atoms. The van der Waals surface area contributed by atoms with Crippen LogP contribution in [0.15, 0.2) is 46.9 Å². The Morgan fingerprint density at radius 2 is 2.10 bits per heavy atom. The average molecular weight is 344 g/mol. The summed E-state index contributed by atoms with van der Waals surface area (Å²) in [6.45, 7) is 1.80. The summed E-state index contributed by atoms with van der Waals surface area (Å²) in [5, 5.41) is 11.9. The predicted octanol–water partition coefficient (Wildman–Crippen LogP) is 3.65. The second kappa shape index (κ2) is 6.42. The summed E-state index contributed by atoms with van der Waals surface area (Å²) in [5.74, 6) is -0.547. The van der Waals surface area contributed by atoms with Gasteiger partial charge in [0.2, 0.25) is 5.91 Å². The van der Waals surface area contributed by atoms with Gasteiger partial charge >= 0.3 is 0 Å². The van der Waals surface area contributed by atoms with Crippen LogP contribution < -0.4 is 11.1 Å². The van der Waals surface area contributed by atoms with Gasteiger partial charge in [-0.15, -0.1) is 0 Å². The molecule has 2 aromatic rings. The summed E-state index contributed by atoms with van der Waals surface area (Å²) in [6, 6.07) is 14.4. The number of rotatable bonds is 3. The van der Waals surface area contributed by atoms with Crippen LogP contribution in [-0.2, 0) is 4.79 Å². The van der Waals surface area contributed by atoms with E-state index in [4.69, 9.17) is 11.0 Å². The third-order valence-corrected chi connectivity index (χ3v) is 3.66. The molecule has 1 atom stereocenters. The summed E-state index contributed by atoms with van der Waals surface area (Å²) < 4.78 is 0.799. The number of nitriles is 1. The van der Waals surface area contributed by atoms with Crippen LogP contribution in [0.3, 0.4) is 0 Å². The van der Waals surface area contributed by atoms with Gasteiger partial charge in [-0.3, -0.25) is 4.79 Å². The Hall–Kier alpha value is -2.32. The van der Waals surface area contributed by atoms with E-state index in [0.29, 0.717) is 16.9 Å². The van der Waals surface area contributed by atoms with Gasteiger partial charge in [0.1, 0.15) is 6.07 Å². The Kier molecular flexibility index (Phi) is 4.61. The smallest absolute Gasteiger partial charge is 0.231 e. The number of hydrogen-bond acceptors (Lipinski definition) is 3. The zero-order chi connectivity index (χ0) is 15.4. The fourth-order valence-electron chi connectivity index (χ4n) is 1.94. The first-order valence-electron chi connectivity index (χ1n) is 6.37. The molecule has 0 aliphatic rings. The second-order valence-electron chi connectivity index (χ2n) is 4.68. The minimum atomic E-state index is -0.362. The molecule has 1 unspecified atom stereocenters. The average Bonchev–Trinajstić information content (AvgIpc) is 2.46. The maximum atomic E-state index is 12.3. The highest BCUT2D eigenvalue weighted by atomic mass is 79.9. The van der Waals surface area contributed by atoms with E-state index >= 15 is 0 Å². The van der Waals surface area contributed by atoms with Crippen molar-refractivity contribution in [2.24, 2.45) is 0 Å². The Labute approximate surface area is 131 Å². The van der Waals surface area contributed by atoms with Crippen molar-refractivity contribution in [3.8, 4) is 6.07 Å². The zero-order valence-corrected chi connectivity index (χ0v) is 13.0. The summed E-state index contributed by atoms with van der Waals surface area (Å²) in [4.78, 5) is 12.3. The van der Waals surface area contributed by atoms with Crippen molar-refractivity contribution in [2.45, 2.75) is 12.8 Å². The topological polar surface area (TPSA) is 78.9 Å². The first-order chi connectivity index (χ1) is 10.0. The molecule has 5 heteroatoms. The normalized spacial score (nSPS) is 11.5. The van der Waals surface area contributed by atoms with E-state index in [1.54, 1.807) is 37.3 Å². The fraction of sp³-hybridized carbons (Fsp3) is 0.125. The van der Waals surface area contributed by atoms with Crippen LogP contribution in [0.1, 0.15) is 24.0 Å². The van der Waals surface area contributed by atoms with Gasteiger partial charge in [-0.1, -0.05) is 28.1 Å². The highest BCUT2D eigenvalue weighted by Crippen LogP contribution is 2.24. The number of nitrogen functional groups attached to an aromatic ring is 1. The van der Waals surface area contributed by atoms with Crippen LogP contribution in [0.25, 0.3) is 0 Å². The third kappa shape index (κ3) is 3.61. The Bertz CT molecular complexity index is 722. The van der Waals surface area contributed by atoms with E-state index in [-0.39, 0.29) is 11.8 Å². The molecular formula is C16H14BrN3O. The van der Waals surface area contributed by atoms with Gasteiger partial charge in [0.05, 0.1) is 17.2 Å². The van der Waals surface area contributed by atoms with Crippen molar-refractivity contribution in [2.75, 3.05) is 11.1 Å². The molecule has 0 aliphatic carbocycles. The summed E-state index contributed by atoms with van der Waals surface area (Å²) in [6.07, 6.45) is 0. The number of carbonyl (C=O) groups excluding carboxylic acids is 1. The molecule has 0 saturated carbocycles. The maximum Gasteiger partial charge on any atom is 0.231 e. The van der Waals surface area contributed by atoms with Gasteiger partial charge < -0.3 is 11.1 Å². The molecule has 0 heterocycles. The molecule has 0 bridgehead atoms. The molecule has 0 fully saturated rings. The molecule has 0 radical (unpaired) electrons. The van der Waals surface area contributed by atoms with E-state index in [2.05, 4.69) is 27.3 Å². The molecule has 3 N–H and O–H groups in total. The number of halogens is 1. The molecule has 4 nitrogen and oxygen atoms in total. The molecule has 2 aromatic carbocycles. The molecule has 0 spiro atoms. The monoisotopic (exact) mass is 343 g/mol. The van der Waals surface area contributed by atoms with Crippen molar-refractivity contribution < 1.29 is 4.79 Å². The number of hydrogen-bond donors (Lipinski definition) is 2. The Morgan fingerprint density at radius 3 is 2.76 bits per heavy atom. The Morgan fingerprint density at radius 1 is 1.33 bits per heavy atom.